The van der Waals surface area contributed by atoms with Gasteiger partial charge in [0.15, 0.2) is 0 Å². The van der Waals surface area contributed by atoms with Gasteiger partial charge in [-0.2, -0.15) is 0 Å². The van der Waals surface area contributed by atoms with Crippen molar-refractivity contribution in [3.05, 3.63) is 0 Å². The Morgan fingerprint density at radius 2 is 1.79 bits per heavy atom. The van der Waals surface area contributed by atoms with Gasteiger partial charge >= 0.3 is 5.97 Å². The highest BCUT2D eigenvalue weighted by atomic mass is 32.2. The van der Waals surface area contributed by atoms with E-state index >= 15 is 0 Å². The van der Waals surface area contributed by atoms with Gasteiger partial charge in [-0.1, -0.05) is 19.8 Å². The molecule has 0 bridgehead atoms. The molecule has 0 fully saturated rings. The van der Waals surface area contributed by atoms with Crippen LogP contribution in [0.2, 0.25) is 0 Å². The molecule has 19 heavy (non-hydrogen) atoms. The summed E-state index contributed by atoms with van der Waals surface area (Å²) in [6.07, 6.45) is 3.37. The molecular weight excluding hydrogens is 266 g/mol. The van der Waals surface area contributed by atoms with E-state index in [9.17, 15) is 13.2 Å². The summed E-state index contributed by atoms with van der Waals surface area (Å²) >= 11 is 0. The van der Waals surface area contributed by atoms with Crippen molar-refractivity contribution in [2.45, 2.75) is 64.5 Å². The minimum atomic E-state index is -3.31. The highest BCUT2D eigenvalue weighted by molar-refractivity contribution is 7.90. The third kappa shape index (κ3) is 7.52. The second kappa shape index (κ2) is 7.85. The fourth-order valence-corrected chi connectivity index (χ4v) is 2.60. The lowest BCUT2D eigenvalue weighted by Gasteiger charge is -2.21. The minimum absolute atomic E-state index is 0.149. The molecule has 0 aromatic rings. The number of aliphatic carboxylic acids is 1. The van der Waals surface area contributed by atoms with Gasteiger partial charge in [0.05, 0.1) is 4.75 Å². The standard InChI is InChI=1S/C13H27NO4S/c1-5-6-11(7-8-12(15)16)9-10-14-19(17,18)13(2,3)4/h11,14H,5-10H2,1-4H3,(H,15,16). The van der Waals surface area contributed by atoms with Crippen molar-refractivity contribution in [2.24, 2.45) is 5.92 Å². The molecular formula is C13H27NO4S. The van der Waals surface area contributed by atoms with Crippen LogP contribution in [0.3, 0.4) is 0 Å². The first-order chi connectivity index (χ1) is 8.60. The zero-order valence-corrected chi connectivity index (χ0v) is 13.2. The average molecular weight is 293 g/mol. The fourth-order valence-electron chi connectivity index (χ4n) is 1.78. The molecule has 0 aromatic heterocycles. The molecule has 0 aliphatic heterocycles. The molecule has 0 rings (SSSR count). The number of carboxylic acids is 1. The maximum atomic E-state index is 11.9. The molecule has 6 heteroatoms. The molecule has 0 saturated heterocycles. The van der Waals surface area contributed by atoms with Crippen LogP contribution in [0.25, 0.3) is 0 Å². The second-order valence-corrected chi connectivity index (χ2v) is 8.41. The number of carboxylic acid groups (broad SMARTS) is 1. The number of sulfonamides is 1. The maximum absolute atomic E-state index is 11.9. The predicted molar refractivity (Wildman–Crippen MR) is 76.6 cm³/mol. The van der Waals surface area contributed by atoms with E-state index in [2.05, 4.69) is 4.72 Å². The van der Waals surface area contributed by atoms with E-state index in [0.29, 0.717) is 19.4 Å². The Kier molecular flexibility index (Phi) is 7.59. The number of nitrogens with one attached hydrogen (secondary N) is 1. The van der Waals surface area contributed by atoms with Crippen LogP contribution in [0.1, 0.15) is 59.8 Å². The lowest BCUT2D eigenvalue weighted by atomic mass is 9.95. The van der Waals surface area contributed by atoms with Crippen molar-refractivity contribution >= 4 is 16.0 Å². The molecule has 0 radical (unpaired) electrons. The Balaban J connectivity index is 4.23. The summed E-state index contributed by atoms with van der Waals surface area (Å²) in [6.45, 7) is 7.40. The zero-order valence-electron chi connectivity index (χ0n) is 12.4. The molecule has 5 nitrogen and oxygen atoms in total. The Hall–Kier alpha value is -0.620. The zero-order chi connectivity index (χ0) is 15.1. The molecule has 1 unspecified atom stereocenters. The Morgan fingerprint density at radius 1 is 1.21 bits per heavy atom. The highest BCUT2D eigenvalue weighted by Gasteiger charge is 2.28. The third-order valence-electron chi connectivity index (χ3n) is 3.11. The van der Waals surface area contributed by atoms with Gasteiger partial charge in [-0.15, -0.1) is 0 Å². The Bertz CT molecular complexity index is 371. The van der Waals surface area contributed by atoms with E-state index in [1.165, 1.54) is 0 Å². The van der Waals surface area contributed by atoms with Gasteiger partial charge in [-0.25, -0.2) is 13.1 Å². The van der Waals surface area contributed by atoms with Crippen LogP contribution in [0.4, 0.5) is 0 Å². The minimum Gasteiger partial charge on any atom is -0.481 e. The second-order valence-electron chi connectivity index (χ2n) is 5.89. The van der Waals surface area contributed by atoms with Crippen LogP contribution in [0.5, 0.6) is 0 Å². The molecule has 0 heterocycles. The summed E-state index contributed by atoms with van der Waals surface area (Å²) in [4.78, 5) is 10.6. The number of carbonyl (C=O) groups is 1. The van der Waals surface area contributed by atoms with Crippen LogP contribution < -0.4 is 4.72 Å². The van der Waals surface area contributed by atoms with E-state index in [4.69, 9.17) is 5.11 Å². The maximum Gasteiger partial charge on any atom is 0.303 e. The summed E-state index contributed by atoms with van der Waals surface area (Å²) in [5, 5.41) is 8.68. The number of hydrogen-bond acceptors (Lipinski definition) is 3. The molecule has 114 valence electrons. The van der Waals surface area contributed by atoms with Crippen LogP contribution in [0, 0.1) is 5.92 Å². The first kappa shape index (κ1) is 18.4. The van der Waals surface area contributed by atoms with Crippen molar-refractivity contribution in [3.8, 4) is 0 Å². The summed E-state index contributed by atoms with van der Waals surface area (Å²) in [7, 11) is -3.31. The first-order valence-corrected chi connectivity index (χ1v) is 8.29. The van der Waals surface area contributed by atoms with E-state index in [1.54, 1.807) is 20.8 Å². The Labute approximate surface area is 116 Å². The van der Waals surface area contributed by atoms with Crippen molar-refractivity contribution in [3.63, 3.8) is 0 Å². The summed E-state index contributed by atoms with van der Waals surface area (Å²) < 4.78 is 25.5. The van der Waals surface area contributed by atoms with Gasteiger partial charge in [0.25, 0.3) is 0 Å². The van der Waals surface area contributed by atoms with E-state index in [1.807, 2.05) is 6.92 Å². The van der Waals surface area contributed by atoms with E-state index < -0.39 is 20.7 Å². The Morgan fingerprint density at radius 3 is 2.21 bits per heavy atom. The van der Waals surface area contributed by atoms with Crippen molar-refractivity contribution in [1.82, 2.24) is 4.72 Å². The normalized spacial score (nSPS) is 14.3. The lowest BCUT2D eigenvalue weighted by Crippen LogP contribution is -2.40. The van der Waals surface area contributed by atoms with Gasteiger partial charge in [0.1, 0.15) is 0 Å². The molecule has 1 atom stereocenters. The quantitative estimate of drug-likeness (QED) is 0.683. The summed E-state index contributed by atoms with van der Waals surface area (Å²) in [5.74, 6) is -0.528. The molecule has 2 N–H and O–H groups in total. The van der Waals surface area contributed by atoms with Crippen molar-refractivity contribution < 1.29 is 18.3 Å². The molecule has 0 aromatic carbocycles. The van der Waals surface area contributed by atoms with Gasteiger partial charge in [-0.05, 0) is 39.5 Å². The first-order valence-electron chi connectivity index (χ1n) is 6.81. The molecule has 0 spiro atoms. The van der Waals surface area contributed by atoms with Gasteiger partial charge in [0, 0.05) is 13.0 Å². The fraction of sp³-hybridized carbons (Fsp3) is 0.923. The largest absolute Gasteiger partial charge is 0.481 e. The topological polar surface area (TPSA) is 83.5 Å². The molecule has 0 amide bonds. The molecule has 0 aliphatic rings. The van der Waals surface area contributed by atoms with Gasteiger partial charge < -0.3 is 5.11 Å². The SMILES string of the molecule is CCCC(CCNS(=O)(=O)C(C)(C)C)CCC(=O)O. The van der Waals surface area contributed by atoms with Gasteiger partial charge in [-0.3, -0.25) is 4.79 Å². The smallest absolute Gasteiger partial charge is 0.303 e. The number of hydrogen-bond donors (Lipinski definition) is 2. The van der Waals surface area contributed by atoms with Crippen molar-refractivity contribution in [1.29, 1.82) is 0 Å². The predicted octanol–water partition coefficient (Wildman–Crippen LogP) is 2.38. The lowest BCUT2D eigenvalue weighted by molar-refractivity contribution is -0.137. The number of rotatable bonds is 9. The van der Waals surface area contributed by atoms with Crippen molar-refractivity contribution in [2.75, 3.05) is 6.54 Å². The van der Waals surface area contributed by atoms with E-state index in [0.717, 1.165) is 12.8 Å². The van der Waals surface area contributed by atoms with Crippen LogP contribution in [-0.2, 0) is 14.8 Å². The monoisotopic (exact) mass is 293 g/mol. The average Bonchev–Trinajstić information content (AvgIpc) is 2.24. The molecule has 0 saturated carbocycles. The van der Waals surface area contributed by atoms with E-state index in [-0.39, 0.29) is 12.3 Å². The van der Waals surface area contributed by atoms with Crippen LogP contribution >= 0.6 is 0 Å². The van der Waals surface area contributed by atoms with Crippen LogP contribution in [0.15, 0.2) is 0 Å². The summed E-state index contributed by atoms with van der Waals surface area (Å²) in [5.41, 5.74) is 0. The summed E-state index contributed by atoms with van der Waals surface area (Å²) in [6, 6.07) is 0. The third-order valence-corrected chi connectivity index (χ3v) is 5.31. The van der Waals surface area contributed by atoms with Crippen LogP contribution in [-0.4, -0.2) is 30.8 Å². The molecule has 0 aliphatic carbocycles. The highest BCUT2D eigenvalue weighted by Crippen LogP contribution is 2.18. The van der Waals surface area contributed by atoms with Gasteiger partial charge in [0.2, 0.25) is 10.0 Å².